The van der Waals surface area contributed by atoms with Gasteiger partial charge in [0.15, 0.2) is 0 Å². The summed E-state index contributed by atoms with van der Waals surface area (Å²) in [5, 5.41) is 0.615. The molecule has 0 N–H and O–H groups in total. The highest BCUT2D eigenvalue weighted by atomic mass is 16.5. The summed E-state index contributed by atoms with van der Waals surface area (Å²) in [5.74, 6) is 0.764. The smallest absolute Gasteiger partial charge is 0.262 e. The van der Waals surface area contributed by atoms with Gasteiger partial charge in [0, 0.05) is 58.8 Å². The lowest BCUT2D eigenvalue weighted by Gasteiger charge is -2.35. The second-order valence-electron chi connectivity index (χ2n) is 11.3. The second-order valence-corrected chi connectivity index (χ2v) is 11.3. The molecule has 0 aliphatic carbocycles. The number of carbonyl (C=O) groups excluding carboxylic acids is 1. The number of hydrogen-bond donors (Lipinski definition) is 0. The monoisotopic (exact) mass is 532 g/mol. The van der Waals surface area contributed by atoms with Gasteiger partial charge in [-0.05, 0) is 56.5 Å². The summed E-state index contributed by atoms with van der Waals surface area (Å²) in [6.45, 7) is 8.80. The van der Waals surface area contributed by atoms with Crippen LogP contribution in [0.4, 0.5) is 17.3 Å². The SMILES string of the molecule is COC[C@H]1CN(c2ccc3c(=O)n(CCc4cnc5c(c4)N(C)C(=O)C5(C)C)c(N4CCC4)nc3c2)CCO1. The number of morpholine rings is 1. The van der Waals surface area contributed by atoms with Gasteiger partial charge in [-0.25, -0.2) is 4.98 Å². The van der Waals surface area contributed by atoms with Gasteiger partial charge in [0.2, 0.25) is 11.9 Å². The Morgan fingerprint density at radius 2 is 1.95 bits per heavy atom. The maximum atomic E-state index is 13.8. The first-order chi connectivity index (χ1) is 18.8. The number of ether oxygens (including phenoxy) is 2. The molecule has 0 radical (unpaired) electrons. The van der Waals surface area contributed by atoms with Crippen molar-refractivity contribution in [3.8, 4) is 0 Å². The van der Waals surface area contributed by atoms with Gasteiger partial charge in [0.25, 0.3) is 5.56 Å². The number of methoxy groups -OCH3 is 1. The number of carbonyl (C=O) groups is 1. The molecule has 206 valence electrons. The molecule has 0 saturated carbocycles. The molecule has 1 atom stereocenters. The molecule has 6 rings (SSSR count). The summed E-state index contributed by atoms with van der Waals surface area (Å²) in [6, 6.07) is 7.96. The number of benzene rings is 1. The van der Waals surface area contributed by atoms with Gasteiger partial charge in [-0.1, -0.05) is 0 Å². The first kappa shape index (κ1) is 25.8. The molecule has 2 saturated heterocycles. The minimum Gasteiger partial charge on any atom is -0.382 e. The van der Waals surface area contributed by atoms with E-state index in [0.29, 0.717) is 37.1 Å². The van der Waals surface area contributed by atoms with Crippen molar-refractivity contribution in [1.82, 2.24) is 14.5 Å². The summed E-state index contributed by atoms with van der Waals surface area (Å²) in [7, 11) is 3.48. The Morgan fingerprint density at radius 3 is 2.69 bits per heavy atom. The number of anilines is 3. The van der Waals surface area contributed by atoms with Gasteiger partial charge in [-0.15, -0.1) is 0 Å². The van der Waals surface area contributed by atoms with Crippen molar-refractivity contribution in [3.05, 3.63) is 52.1 Å². The van der Waals surface area contributed by atoms with E-state index in [1.165, 1.54) is 0 Å². The largest absolute Gasteiger partial charge is 0.382 e. The number of rotatable bonds is 7. The number of amides is 1. The summed E-state index contributed by atoms with van der Waals surface area (Å²) >= 11 is 0. The van der Waals surface area contributed by atoms with E-state index in [4.69, 9.17) is 14.5 Å². The minimum atomic E-state index is -0.628. The fraction of sp³-hybridized carbons (Fsp3) is 0.517. The lowest BCUT2D eigenvalue weighted by Crippen LogP contribution is -2.44. The molecule has 2 aromatic heterocycles. The van der Waals surface area contributed by atoms with Crippen LogP contribution < -0.4 is 20.3 Å². The third-order valence-electron chi connectivity index (χ3n) is 8.26. The van der Waals surface area contributed by atoms with E-state index in [9.17, 15) is 9.59 Å². The molecule has 0 bridgehead atoms. The molecule has 0 unspecified atom stereocenters. The average molecular weight is 533 g/mol. The van der Waals surface area contributed by atoms with E-state index in [2.05, 4.69) is 14.8 Å². The van der Waals surface area contributed by atoms with E-state index in [1.807, 2.05) is 44.3 Å². The van der Waals surface area contributed by atoms with E-state index >= 15 is 0 Å². The van der Waals surface area contributed by atoms with Crippen LogP contribution in [0.25, 0.3) is 10.9 Å². The average Bonchev–Trinajstić information content (AvgIpc) is 3.07. The molecule has 1 aromatic carbocycles. The van der Waals surface area contributed by atoms with Crippen molar-refractivity contribution in [3.63, 3.8) is 0 Å². The number of pyridine rings is 1. The lowest BCUT2D eigenvalue weighted by molar-refractivity contribution is -0.121. The highest BCUT2D eigenvalue weighted by molar-refractivity contribution is 6.06. The summed E-state index contributed by atoms with van der Waals surface area (Å²) in [4.78, 5) is 42.3. The van der Waals surface area contributed by atoms with Crippen molar-refractivity contribution >= 4 is 34.1 Å². The second kappa shape index (κ2) is 9.91. The molecule has 3 aliphatic heterocycles. The predicted octanol–water partition coefficient (Wildman–Crippen LogP) is 2.35. The molecule has 2 fully saturated rings. The van der Waals surface area contributed by atoms with E-state index < -0.39 is 5.41 Å². The van der Waals surface area contributed by atoms with Crippen LogP contribution in [-0.4, -0.2) is 80.1 Å². The summed E-state index contributed by atoms with van der Waals surface area (Å²) < 4.78 is 12.9. The van der Waals surface area contributed by atoms with Crippen LogP contribution in [0.15, 0.2) is 35.3 Å². The van der Waals surface area contributed by atoms with Crippen LogP contribution in [0.5, 0.6) is 0 Å². The standard InChI is InChI=1S/C29H36N6O4/c1-29(2)25-24(32(3)27(29)37)14-19(16-30-25)8-11-35-26(36)22-7-6-20(34-12-13-39-21(17-34)18-38-4)15-23(22)31-28(35)33-9-5-10-33/h6-7,14-16,21H,5,8-13,17-18H2,1-4H3/t21-/m1/s1. The number of likely N-dealkylation sites (N-methyl/N-ethyl adjacent to an activating group) is 1. The number of nitrogens with zero attached hydrogens (tertiary/aromatic N) is 6. The maximum absolute atomic E-state index is 13.8. The van der Waals surface area contributed by atoms with Gasteiger partial charge in [0.05, 0.1) is 47.0 Å². The quantitative estimate of drug-likeness (QED) is 0.458. The molecule has 3 aromatic rings. The first-order valence-electron chi connectivity index (χ1n) is 13.7. The molecule has 39 heavy (non-hydrogen) atoms. The molecular formula is C29H36N6O4. The fourth-order valence-electron chi connectivity index (χ4n) is 5.83. The zero-order valence-corrected chi connectivity index (χ0v) is 23.1. The van der Waals surface area contributed by atoms with Crippen molar-refractivity contribution < 1.29 is 14.3 Å². The van der Waals surface area contributed by atoms with Gasteiger partial charge < -0.3 is 24.2 Å². The van der Waals surface area contributed by atoms with Gasteiger partial charge in [-0.2, -0.15) is 0 Å². The first-order valence-corrected chi connectivity index (χ1v) is 13.7. The van der Waals surface area contributed by atoms with E-state index in [0.717, 1.165) is 61.2 Å². The van der Waals surface area contributed by atoms with Crippen molar-refractivity contribution in [2.45, 2.75) is 44.8 Å². The zero-order chi connectivity index (χ0) is 27.3. The molecule has 10 nitrogen and oxygen atoms in total. The summed E-state index contributed by atoms with van der Waals surface area (Å²) in [6.07, 6.45) is 3.56. The third-order valence-corrected chi connectivity index (χ3v) is 8.26. The molecule has 10 heteroatoms. The van der Waals surface area contributed by atoms with Crippen molar-refractivity contribution in [2.24, 2.45) is 0 Å². The van der Waals surface area contributed by atoms with E-state index in [1.54, 1.807) is 23.6 Å². The molecule has 1 amide bonds. The topological polar surface area (TPSA) is 93.0 Å². The van der Waals surface area contributed by atoms with Crippen LogP contribution in [0.1, 0.15) is 31.5 Å². The fourth-order valence-corrected chi connectivity index (χ4v) is 5.83. The molecule has 0 spiro atoms. The number of aromatic nitrogens is 3. The van der Waals surface area contributed by atoms with Crippen LogP contribution in [0, 0.1) is 0 Å². The third kappa shape index (κ3) is 4.45. The number of fused-ring (bicyclic) bond motifs is 2. The predicted molar refractivity (Wildman–Crippen MR) is 151 cm³/mol. The van der Waals surface area contributed by atoms with Crippen LogP contribution >= 0.6 is 0 Å². The van der Waals surface area contributed by atoms with Gasteiger partial charge in [0.1, 0.15) is 0 Å². The number of aryl methyl sites for hydroxylation is 1. The Kier molecular flexibility index (Phi) is 6.55. The van der Waals surface area contributed by atoms with Crippen molar-refractivity contribution in [1.29, 1.82) is 0 Å². The number of hydrogen-bond acceptors (Lipinski definition) is 8. The van der Waals surface area contributed by atoms with E-state index in [-0.39, 0.29) is 17.6 Å². The highest BCUT2D eigenvalue weighted by Crippen LogP contribution is 2.39. The van der Waals surface area contributed by atoms with Crippen LogP contribution in [-0.2, 0) is 32.6 Å². The zero-order valence-electron chi connectivity index (χ0n) is 23.1. The van der Waals surface area contributed by atoms with Crippen LogP contribution in [0.2, 0.25) is 0 Å². The Morgan fingerprint density at radius 1 is 1.13 bits per heavy atom. The van der Waals surface area contributed by atoms with Gasteiger partial charge >= 0.3 is 0 Å². The Hall–Kier alpha value is -3.50. The molecule has 5 heterocycles. The van der Waals surface area contributed by atoms with Crippen molar-refractivity contribution in [2.75, 3.05) is 68.2 Å². The normalized spacial score (nSPS) is 20.5. The summed E-state index contributed by atoms with van der Waals surface area (Å²) in [5.41, 5.74) is 3.73. The maximum Gasteiger partial charge on any atom is 0.262 e. The highest BCUT2D eigenvalue weighted by Gasteiger charge is 2.43. The Balaban J connectivity index is 1.30. The molecule has 3 aliphatic rings. The minimum absolute atomic E-state index is 0.0229. The Labute approximate surface area is 228 Å². The molecular weight excluding hydrogens is 496 g/mol. The Bertz CT molecular complexity index is 1480. The lowest BCUT2D eigenvalue weighted by atomic mass is 9.90. The van der Waals surface area contributed by atoms with Gasteiger partial charge in [-0.3, -0.25) is 19.1 Å². The van der Waals surface area contributed by atoms with Crippen LogP contribution in [0.3, 0.4) is 0 Å².